The lowest BCUT2D eigenvalue weighted by atomic mass is 9.93. The topological polar surface area (TPSA) is 30.5 Å². The summed E-state index contributed by atoms with van der Waals surface area (Å²) in [5.74, 6) is 0.868. The van der Waals surface area contributed by atoms with Crippen LogP contribution in [0.3, 0.4) is 0 Å². The van der Waals surface area contributed by atoms with Gasteiger partial charge in [0.15, 0.2) is 0 Å². The van der Waals surface area contributed by atoms with Crippen LogP contribution in [0.2, 0.25) is 0 Å². The lowest BCUT2D eigenvalue weighted by Gasteiger charge is -2.35. The minimum atomic E-state index is -0.0110. The van der Waals surface area contributed by atoms with Crippen LogP contribution in [-0.4, -0.2) is 20.3 Å². The first kappa shape index (κ1) is 11.4. The van der Waals surface area contributed by atoms with Crippen LogP contribution in [0.5, 0.6) is 5.75 Å². The highest BCUT2D eigenvalue weighted by Gasteiger charge is 2.27. The molecule has 1 saturated heterocycles. The van der Waals surface area contributed by atoms with E-state index in [1.165, 1.54) is 0 Å². The van der Waals surface area contributed by atoms with Gasteiger partial charge in [-0.1, -0.05) is 26.0 Å². The van der Waals surface area contributed by atoms with Crippen LogP contribution >= 0.6 is 0 Å². The van der Waals surface area contributed by atoms with Crippen molar-refractivity contribution in [2.24, 2.45) is 5.41 Å². The molecule has 1 heterocycles. The van der Waals surface area contributed by atoms with Gasteiger partial charge < -0.3 is 9.47 Å². The third-order valence-electron chi connectivity index (χ3n) is 2.80. The maximum Gasteiger partial charge on any atom is 0.134 e. The SMILES string of the molecule is COc1cccc(C2NCC(C)(C)CO2)c1. The van der Waals surface area contributed by atoms with E-state index < -0.39 is 0 Å². The standard InChI is InChI=1S/C13H19NO2/c1-13(2)8-14-12(16-9-13)10-5-4-6-11(7-10)15-3/h4-7,12,14H,8-9H2,1-3H3. The highest BCUT2D eigenvalue weighted by molar-refractivity contribution is 5.29. The molecule has 0 radical (unpaired) electrons. The van der Waals surface area contributed by atoms with Crippen LogP contribution in [0.4, 0.5) is 0 Å². The van der Waals surface area contributed by atoms with Gasteiger partial charge in [0, 0.05) is 12.0 Å². The minimum absolute atomic E-state index is 0.0110. The summed E-state index contributed by atoms with van der Waals surface area (Å²) in [4.78, 5) is 0. The zero-order valence-electron chi connectivity index (χ0n) is 10.1. The normalized spacial score (nSPS) is 24.1. The molecule has 1 aromatic rings. The van der Waals surface area contributed by atoms with Gasteiger partial charge >= 0.3 is 0 Å². The average Bonchev–Trinajstić information content (AvgIpc) is 2.29. The van der Waals surface area contributed by atoms with Crippen molar-refractivity contribution in [3.05, 3.63) is 29.8 Å². The smallest absolute Gasteiger partial charge is 0.134 e. The maximum atomic E-state index is 5.81. The van der Waals surface area contributed by atoms with Crippen LogP contribution < -0.4 is 10.1 Å². The molecule has 16 heavy (non-hydrogen) atoms. The molecule has 1 atom stereocenters. The Bertz CT molecular complexity index is 353. The molecule has 0 amide bonds. The lowest BCUT2D eigenvalue weighted by molar-refractivity contribution is -0.0595. The van der Waals surface area contributed by atoms with Crippen molar-refractivity contribution in [2.75, 3.05) is 20.3 Å². The van der Waals surface area contributed by atoms with Crippen LogP contribution in [0, 0.1) is 5.41 Å². The van der Waals surface area contributed by atoms with E-state index in [-0.39, 0.29) is 11.6 Å². The van der Waals surface area contributed by atoms with E-state index in [0.29, 0.717) is 0 Å². The van der Waals surface area contributed by atoms with Crippen molar-refractivity contribution in [1.29, 1.82) is 0 Å². The first-order valence-corrected chi connectivity index (χ1v) is 5.60. The van der Waals surface area contributed by atoms with E-state index in [9.17, 15) is 0 Å². The van der Waals surface area contributed by atoms with E-state index in [1.54, 1.807) is 7.11 Å². The molecule has 1 aliphatic rings. The average molecular weight is 221 g/mol. The number of methoxy groups -OCH3 is 1. The summed E-state index contributed by atoms with van der Waals surface area (Å²) in [5.41, 5.74) is 1.34. The van der Waals surface area contributed by atoms with Gasteiger partial charge in [0.05, 0.1) is 13.7 Å². The van der Waals surface area contributed by atoms with Crippen LogP contribution in [0.25, 0.3) is 0 Å². The first-order valence-electron chi connectivity index (χ1n) is 5.60. The summed E-state index contributed by atoms with van der Waals surface area (Å²) in [5, 5.41) is 3.40. The third-order valence-corrected chi connectivity index (χ3v) is 2.80. The fourth-order valence-electron chi connectivity index (χ4n) is 1.81. The van der Waals surface area contributed by atoms with Crippen molar-refractivity contribution in [1.82, 2.24) is 5.32 Å². The fraction of sp³-hybridized carbons (Fsp3) is 0.538. The second-order valence-corrected chi connectivity index (χ2v) is 5.01. The molecule has 1 N–H and O–H groups in total. The monoisotopic (exact) mass is 221 g/mol. The third kappa shape index (κ3) is 2.54. The Balaban J connectivity index is 2.08. The molecular formula is C13H19NO2. The van der Waals surface area contributed by atoms with Gasteiger partial charge in [0.2, 0.25) is 0 Å². The fourth-order valence-corrected chi connectivity index (χ4v) is 1.81. The summed E-state index contributed by atoms with van der Waals surface area (Å²) in [6.45, 7) is 6.14. The van der Waals surface area contributed by atoms with Gasteiger partial charge in [-0.25, -0.2) is 0 Å². The molecule has 0 aromatic heterocycles. The summed E-state index contributed by atoms with van der Waals surface area (Å²) < 4.78 is 11.0. The molecule has 3 heteroatoms. The molecule has 1 aliphatic heterocycles. The van der Waals surface area contributed by atoms with Crippen molar-refractivity contribution < 1.29 is 9.47 Å². The summed E-state index contributed by atoms with van der Waals surface area (Å²) in [6, 6.07) is 7.99. The Kier molecular flexibility index (Phi) is 3.17. The second kappa shape index (κ2) is 4.44. The number of benzene rings is 1. The molecule has 2 rings (SSSR count). The van der Waals surface area contributed by atoms with Crippen molar-refractivity contribution in [2.45, 2.75) is 20.1 Å². The van der Waals surface area contributed by atoms with Gasteiger partial charge in [0.1, 0.15) is 12.0 Å². The van der Waals surface area contributed by atoms with Gasteiger partial charge in [-0.15, -0.1) is 0 Å². The molecular weight excluding hydrogens is 202 g/mol. The van der Waals surface area contributed by atoms with Gasteiger partial charge in [0.25, 0.3) is 0 Å². The summed E-state index contributed by atoms with van der Waals surface area (Å²) in [6.07, 6.45) is -0.0110. The Morgan fingerprint density at radius 3 is 2.88 bits per heavy atom. The summed E-state index contributed by atoms with van der Waals surface area (Å²) in [7, 11) is 1.68. The largest absolute Gasteiger partial charge is 0.497 e. The Labute approximate surface area is 96.8 Å². The predicted octanol–water partition coefficient (Wildman–Crippen LogP) is 2.34. The molecule has 0 aliphatic carbocycles. The molecule has 88 valence electrons. The zero-order chi connectivity index (χ0) is 11.6. The molecule has 3 nitrogen and oxygen atoms in total. The molecule has 0 saturated carbocycles. The maximum absolute atomic E-state index is 5.81. The van der Waals surface area contributed by atoms with Crippen LogP contribution in [-0.2, 0) is 4.74 Å². The van der Waals surface area contributed by atoms with E-state index in [1.807, 2.05) is 18.2 Å². The van der Waals surface area contributed by atoms with Crippen LogP contribution in [0.1, 0.15) is 25.6 Å². The van der Waals surface area contributed by atoms with E-state index >= 15 is 0 Å². The van der Waals surface area contributed by atoms with Crippen molar-refractivity contribution in [3.8, 4) is 5.75 Å². The Morgan fingerprint density at radius 2 is 2.25 bits per heavy atom. The Morgan fingerprint density at radius 1 is 1.44 bits per heavy atom. The predicted molar refractivity (Wildman–Crippen MR) is 63.5 cm³/mol. The number of hydrogen-bond acceptors (Lipinski definition) is 3. The number of rotatable bonds is 2. The zero-order valence-corrected chi connectivity index (χ0v) is 10.1. The molecule has 0 bridgehead atoms. The van der Waals surface area contributed by atoms with E-state index in [2.05, 4.69) is 25.2 Å². The number of nitrogens with one attached hydrogen (secondary N) is 1. The molecule has 1 unspecified atom stereocenters. The number of hydrogen-bond donors (Lipinski definition) is 1. The highest BCUT2D eigenvalue weighted by atomic mass is 16.5. The molecule has 1 aromatic carbocycles. The van der Waals surface area contributed by atoms with Gasteiger partial charge in [-0.05, 0) is 17.7 Å². The van der Waals surface area contributed by atoms with E-state index in [4.69, 9.17) is 9.47 Å². The van der Waals surface area contributed by atoms with Crippen LogP contribution in [0.15, 0.2) is 24.3 Å². The van der Waals surface area contributed by atoms with Gasteiger partial charge in [-0.2, -0.15) is 0 Å². The van der Waals surface area contributed by atoms with Crippen molar-refractivity contribution >= 4 is 0 Å². The Hall–Kier alpha value is -1.06. The van der Waals surface area contributed by atoms with E-state index in [0.717, 1.165) is 24.5 Å². The minimum Gasteiger partial charge on any atom is -0.497 e. The van der Waals surface area contributed by atoms with Gasteiger partial charge in [-0.3, -0.25) is 5.32 Å². The second-order valence-electron chi connectivity index (χ2n) is 5.01. The first-order chi connectivity index (χ1) is 7.61. The molecule has 0 spiro atoms. The molecule has 1 fully saturated rings. The summed E-state index contributed by atoms with van der Waals surface area (Å²) >= 11 is 0. The highest BCUT2D eigenvalue weighted by Crippen LogP contribution is 2.27. The lowest BCUT2D eigenvalue weighted by Crippen LogP contribution is -2.42. The quantitative estimate of drug-likeness (QED) is 0.831. The van der Waals surface area contributed by atoms with Crippen molar-refractivity contribution in [3.63, 3.8) is 0 Å². The number of ether oxygens (including phenoxy) is 2.